The molecule has 0 bridgehead atoms. The zero-order valence-corrected chi connectivity index (χ0v) is 14.6. The lowest BCUT2D eigenvalue weighted by Gasteiger charge is -2.22. The van der Waals surface area contributed by atoms with Crippen molar-refractivity contribution in [2.75, 3.05) is 6.61 Å². The zero-order valence-electron chi connectivity index (χ0n) is 13.8. The molecule has 130 valence electrons. The molecule has 1 aromatic heterocycles. The smallest absolute Gasteiger partial charge is 0.243 e. The van der Waals surface area contributed by atoms with Gasteiger partial charge in [0.15, 0.2) is 11.3 Å². The first-order valence-electron chi connectivity index (χ1n) is 8.42. The molecule has 24 heavy (non-hydrogen) atoms. The van der Waals surface area contributed by atoms with Gasteiger partial charge in [0.1, 0.15) is 0 Å². The molecule has 1 fully saturated rings. The van der Waals surface area contributed by atoms with Crippen molar-refractivity contribution in [1.29, 1.82) is 0 Å². The van der Waals surface area contributed by atoms with Crippen LogP contribution in [0, 0.1) is 12.3 Å². The van der Waals surface area contributed by atoms with E-state index in [9.17, 15) is 4.79 Å². The minimum absolute atomic E-state index is 0.0796. The second-order valence-electron chi connectivity index (χ2n) is 5.66. The van der Waals surface area contributed by atoms with Gasteiger partial charge in [0.05, 0.1) is 5.69 Å². The molecule has 5 nitrogen and oxygen atoms in total. The number of terminal acetylenes is 1. The summed E-state index contributed by atoms with van der Waals surface area (Å²) in [7, 11) is 0. The lowest BCUT2D eigenvalue weighted by molar-refractivity contribution is -0.200. The van der Waals surface area contributed by atoms with Crippen LogP contribution in [0.15, 0.2) is 11.5 Å². The Bertz CT molecular complexity index is 571. The van der Waals surface area contributed by atoms with Gasteiger partial charge in [-0.2, -0.15) is 0 Å². The van der Waals surface area contributed by atoms with Crippen molar-refractivity contribution in [3.05, 3.63) is 22.2 Å². The second-order valence-corrected chi connectivity index (χ2v) is 6.52. The Morgan fingerprint density at radius 2 is 2.42 bits per heavy atom. The molecule has 0 saturated carbocycles. The van der Waals surface area contributed by atoms with Crippen LogP contribution in [0.25, 0.3) is 6.08 Å². The van der Waals surface area contributed by atoms with Crippen molar-refractivity contribution in [1.82, 2.24) is 10.5 Å². The largest absolute Gasteiger partial charge is 0.350 e. The maximum absolute atomic E-state index is 11.7. The molecule has 0 radical (unpaired) electrons. The van der Waals surface area contributed by atoms with Gasteiger partial charge in [-0.05, 0) is 44.1 Å². The fourth-order valence-corrected chi connectivity index (χ4v) is 2.93. The number of nitrogens with zero attached hydrogens (tertiary/aromatic N) is 1. The highest BCUT2D eigenvalue weighted by Gasteiger charge is 2.15. The molecular weight excluding hydrogens is 324 g/mol. The Morgan fingerprint density at radius 1 is 1.50 bits per heavy atom. The molecule has 1 N–H and O–H groups in total. The first kappa shape index (κ1) is 18.7. The predicted molar refractivity (Wildman–Crippen MR) is 95.0 cm³/mol. The summed E-state index contributed by atoms with van der Waals surface area (Å²) in [4.78, 5) is 21.2. The highest BCUT2D eigenvalue weighted by molar-refractivity contribution is 7.10. The number of rotatable bonds is 9. The van der Waals surface area contributed by atoms with Crippen molar-refractivity contribution >= 4 is 23.3 Å². The van der Waals surface area contributed by atoms with Gasteiger partial charge in [-0.1, -0.05) is 12.5 Å². The van der Waals surface area contributed by atoms with Crippen molar-refractivity contribution in [2.24, 2.45) is 0 Å². The van der Waals surface area contributed by atoms with Crippen LogP contribution in [0.5, 0.6) is 0 Å². The molecule has 1 saturated heterocycles. The summed E-state index contributed by atoms with van der Waals surface area (Å²) >= 11 is 1.48. The number of allylic oxidation sites excluding steroid dienone is 1. The molecule has 2 heterocycles. The monoisotopic (exact) mass is 348 g/mol. The van der Waals surface area contributed by atoms with Crippen molar-refractivity contribution < 1.29 is 14.4 Å². The fraction of sp³-hybridized carbons (Fsp3) is 0.556. The molecule has 1 aliphatic heterocycles. The molecule has 2 rings (SSSR count). The minimum atomic E-state index is -0.284. The van der Waals surface area contributed by atoms with Gasteiger partial charge < -0.3 is 4.74 Å². The van der Waals surface area contributed by atoms with Gasteiger partial charge in [0.25, 0.3) is 0 Å². The third kappa shape index (κ3) is 7.26. The Morgan fingerprint density at radius 3 is 3.17 bits per heavy atom. The van der Waals surface area contributed by atoms with Gasteiger partial charge >= 0.3 is 0 Å². The topological polar surface area (TPSA) is 60.5 Å². The van der Waals surface area contributed by atoms with E-state index in [1.54, 1.807) is 0 Å². The number of ether oxygens (including phenoxy) is 1. The normalized spacial score (nSPS) is 17.7. The Balaban J connectivity index is 1.47. The second kappa shape index (κ2) is 11.0. The number of thiazole rings is 1. The molecule has 6 heteroatoms. The number of nitrogens with one attached hydrogen (secondary N) is 1. The Hall–Kier alpha value is -1.68. The van der Waals surface area contributed by atoms with Gasteiger partial charge in [0.2, 0.25) is 5.91 Å². The van der Waals surface area contributed by atoms with E-state index in [4.69, 9.17) is 16.0 Å². The summed E-state index contributed by atoms with van der Waals surface area (Å²) in [6.45, 7) is 0.707. The average Bonchev–Trinajstić information content (AvgIpc) is 3.08. The van der Waals surface area contributed by atoms with Crippen molar-refractivity contribution in [3.63, 3.8) is 0 Å². The molecule has 1 unspecified atom stereocenters. The standard InChI is InChI=1S/C18H24N2O3S/c1-2-17-19-15(14-24-17)10-6-4-3-5-7-11-16(21)20-23-18-12-8-9-13-22-18/h1,6,10,14,18H,3-5,7-9,11-13H2,(H,20,21)/b10-6-. The van der Waals surface area contributed by atoms with Crippen LogP contribution in [0.2, 0.25) is 0 Å². The third-order valence-electron chi connectivity index (χ3n) is 3.65. The quantitative estimate of drug-likeness (QED) is 0.420. The van der Waals surface area contributed by atoms with Crippen LogP contribution in [0.1, 0.15) is 62.1 Å². The number of hydrogen-bond donors (Lipinski definition) is 1. The number of carbonyl (C=O) groups is 1. The van der Waals surface area contributed by atoms with Gasteiger partial charge in [-0.3, -0.25) is 4.79 Å². The Labute approximate surface area is 147 Å². The van der Waals surface area contributed by atoms with Gasteiger partial charge in [0, 0.05) is 24.8 Å². The van der Waals surface area contributed by atoms with Crippen molar-refractivity contribution in [2.45, 2.75) is 57.7 Å². The first-order valence-corrected chi connectivity index (χ1v) is 9.30. The van der Waals surface area contributed by atoms with E-state index in [1.165, 1.54) is 11.3 Å². The molecule has 0 aromatic carbocycles. The van der Waals surface area contributed by atoms with Crippen LogP contribution >= 0.6 is 11.3 Å². The van der Waals surface area contributed by atoms with E-state index >= 15 is 0 Å². The summed E-state index contributed by atoms with van der Waals surface area (Å²) in [5.74, 6) is 2.45. The maximum Gasteiger partial charge on any atom is 0.243 e. The van der Waals surface area contributed by atoms with Crippen molar-refractivity contribution in [3.8, 4) is 12.3 Å². The molecule has 0 aliphatic carbocycles. The SMILES string of the molecule is C#Cc1nc(/C=C\CCCCCC(=O)NOC2CCCCO2)cs1. The minimum Gasteiger partial charge on any atom is -0.350 e. The highest BCUT2D eigenvalue weighted by atomic mass is 32.1. The number of unbranched alkanes of at least 4 members (excludes halogenated alkanes) is 3. The van der Waals surface area contributed by atoms with Crippen LogP contribution in [-0.2, 0) is 14.4 Å². The zero-order chi connectivity index (χ0) is 17.0. The molecule has 1 aromatic rings. The third-order valence-corrected chi connectivity index (χ3v) is 4.44. The predicted octanol–water partition coefficient (Wildman–Crippen LogP) is 3.66. The van der Waals surface area contributed by atoms with Gasteiger partial charge in [-0.15, -0.1) is 17.8 Å². The molecule has 1 amide bonds. The number of hydrogen-bond acceptors (Lipinski definition) is 5. The molecule has 1 aliphatic rings. The number of aromatic nitrogens is 1. The molecule has 0 spiro atoms. The highest BCUT2D eigenvalue weighted by Crippen LogP contribution is 2.13. The maximum atomic E-state index is 11.7. The number of amides is 1. The number of hydroxylamine groups is 1. The fourth-order valence-electron chi connectivity index (χ4n) is 2.34. The summed E-state index contributed by atoms with van der Waals surface area (Å²) in [5.41, 5.74) is 3.39. The average molecular weight is 348 g/mol. The lowest BCUT2D eigenvalue weighted by atomic mass is 10.1. The summed E-state index contributed by atoms with van der Waals surface area (Å²) in [6, 6.07) is 0. The summed E-state index contributed by atoms with van der Waals surface area (Å²) < 4.78 is 5.38. The lowest BCUT2D eigenvalue weighted by Crippen LogP contribution is -2.32. The summed E-state index contributed by atoms with van der Waals surface area (Å²) in [5, 5.41) is 2.66. The Kier molecular flexibility index (Phi) is 8.53. The van der Waals surface area contributed by atoms with E-state index in [0.29, 0.717) is 18.0 Å². The van der Waals surface area contributed by atoms with E-state index in [-0.39, 0.29) is 12.2 Å². The first-order chi connectivity index (χ1) is 11.8. The van der Waals surface area contributed by atoms with E-state index in [0.717, 1.165) is 50.6 Å². The van der Waals surface area contributed by atoms with Gasteiger partial charge in [-0.25, -0.2) is 15.3 Å². The molecular formula is C18H24N2O3S. The van der Waals surface area contributed by atoms with E-state index in [1.807, 2.05) is 11.5 Å². The van der Waals surface area contributed by atoms with Crippen LogP contribution in [-0.4, -0.2) is 23.8 Å². The number of carbonyl (C=O) groups excluding carboxylic acids is 1. The van der Waals surface area contributed by atoms with E-state index in [2.05, 4.69) is 22.5 Å². The van der Waals surface area contributed by atoms with Crippen LogP contribution < -0.4 is 5.48 Å². The van der Waals surface area contributed by atoms with E-state index < -0.39 is 0 Å². The van der Waals surface area contributed by atoms with Crippen LogP contribution in [0.4, 0.5) is 0 Å². The molecule has 1 atom stereocenters. The van der Waals surface area contributed by atoms with Crippen LogP contribution in [0.3, 0.4) is 0 Å². The summed E-state index contributed by atoms with van der Waals surface area (Å²) in [6.07, 6.45) is 16.4.